The number of benzene rings is 2. The summed E-state index contributed by atoms with van der Waals surface area (Å²) in [5.41, 5.74) is 2.34. The SMILES string of the molecule is CCCCOCCCNCc1ccc(OCc2ccccc2)c(OCC)c1.Cl. The van der Waals surface area contributed by atoms with E-state index in [4.69, 9.17) is 14.2 Å². The summed E-state index contributed by atoms with van der Waals surface area (Å²) in [5.74, 6) is 1.59. The van der Waals surface area contributed by atoms with Gasteiger partial charge in [-0.3, -0.25) is 0 Å². The fourth-order valence-electron chi connectivity index (χ4n) is 2.67. The maximum absolute atomic E-state index is 5.96. The Morgan fingerprint density at radius 1 is 0.821 bits per heavy atom. The molecule has 0 spiro atoms. The van der Waals surface area contributed by atoms with Crippen molar-refractivity contribution >= 4 is 12.4 Å². The number of unbranched alkanes of at least 4 members (excludes halogenated alkanes) is 1. The molecule has 0 aromatic heterocycles. The van der Waals surface area contributed by atoms with Crippen LogP contribution in [0.2, 0.25) is 0 Å². The smallest absolute Gasteiger partial charge is 0.161 e. The van der Waals surface area contributed by atoms with Gasteiger partial charge >= 0.3 is 0 Å². The predicted octanol–water partition coefficient (Wildman–Crippen LogP) is 5.38. The number of nitrogens with one attached hydrogen (secondary N) is 1. The van der Waals surface area contributed by atoms with E-state index in [1.807, 2.05) is 31.2 Å². The van der Waals surface area contributed by atoms with Crippen LogP contribution in [0.1, 0.15) is 44.2 Å². The zero-order chi connectivity index (χ0) is 19.2. The molecule has 0 amide bonds. The summed E-state index contributed by atoms with van der Waals surface area (Å²) < 4.78 is 17.3. The summed E-state index contributed by atoms with van der Waals surface area (Å²) >= 11 is 0. The molecular formula is C23H34ClNO3. The number of halogens is 1. The first-order valence-corrected chi connectivity index (χ1v) is 10.0. The van der Waals surface area contributed by atoms with E-state index in [1.165, 1.54) is 12.0 Å². The predicted molar refractivity (Wildman–Crippen MR) is 118 cm³/mol. The highest BCUT2D eigenvalue weighted by atomic mass is 35.5. The van der Waals surface area contributed by atoms with Gasteiger partial charge in [0.1, 0.15) is 6.61 Å². The average molecular weight is 408 g/mol. The summed E-state index contributed by atoms with van der Waals surface area (Å²) in [6.07, 6.45) is 3.36. The molecule has 2 rings (SSSR count). The van der Waals surface area contributed by atoms with E-state index >= 15 is 0 Å². The molecule has 28 heavy (non-hydrogen) atoms. The summed E-state index contributed by atoms with van der Waals surface area (Å²) in [4.78, 5) is 0. The van der Waals surface area contributed by atoms with Crippen molar-refractivity contribution < 1.29 is 14.2 Å². The molecule has 0 heterocycles. The number of ether oxygens (including phenoxy) is 3. The zero-order valence-corrected chi connectivity index (χ0v) is 17.9. The number of rotatable bonds is 14. The minimum Gasteiger partial charge on any atom is -0.490 e. The van der Waals surface area contributed by atoms with Gasteiger partial charge in [0.2, 0.25) is 0 Å². The first kappa shape index (κ1) is 24.3. The molecule has 4 nitrogen and oxygen atoms in total. The molecular weight excluding hydrogens is 374 g/mol. The first-order valence-electron chi connectivity index (χ1n) is 10.0. The Kier molecular flexibility index (Phi) is 13.2. The van der Waals surface area contributed by atoms with Crippen LogP contribution < -0.4 is 14.8 Å². The van der Waals surface area contributed by atoms with Crippen LogP contribution in [0.25, 0.3) is 0 Å². The second-order valence-electron chi connectivity index (χ2n) is 6.48. The normalized spacial score (nSPS) is 10.4. The summed E-state index contributed by atoms with van der Waals surface area (Å²) in [5, 5.41) is 3.46. The molecule has 156 valence electrons. The van der Waals surface area contributed by atoms with Crippen molar-refractivity contribution in [3.8, 4) is 11.5 Å². The van der Waals surface area contributed by atoms with Crippen LogP contribution in [-0.2, 0) is 17.9 Å². The quantitative estimate of drug-likeness (QED) is 0.426. The van der Waals surface area contributed by atoms with Crippen molar-refractivity contribution in [2.45, 2.75) is 46.3 Å². The monoisotopic (exact) mass is 407 g/mol. The lowest BCUT2D eigenvalue weighted by molar-refractivity contribution is 0.129. The van der Waals surface area contributed by atoms with Crippen molar-refractivity contribution in [3.05, 3.63) is 59.7 Å². The molecule has 1 N–H and O–H groups in total. The van der Waals surface area contributed by atoms with Crippen LogP contribution in [0, 0.1) is 0 Å². The molecule has 0 aliphatic heterocycles. The third-order valence-corrected chi connectivity index (χ3v) is 4.16. The fourth-order valence-corrected chi connectivity index (χ4v) is 2.67. The van der Waals surface area contributed by atoms with Gasteiger partial charge in [-0.05, 0) is 49.6 Å². The van der Waals surface area contributed by atoms with Crippen LogP contribution in [-0.4, -0.2) is 26.4 Å². The van der Waals surface area contributed by atoms with Gasteiger partial charge in [-0.2, -0.15) is 0 Å². The van der Waals surface area contributed by atoms with Crippen molar-refractivity contribution in [2.24, 2.45) is 0 Å². The lowest BCUT2D eigenvalue weighted by atomic mass is 10.2. The lowest BCUT2D eigenvalue weighted by Gasteiger charge is -2.14. The topological polar surface area (TPSA) is 39.7 Å². The zero-order valence-electron chi connectivity index (χ0n) is 17.1. The summed E-state index contributed by atoms with van der Waals surface area (Å²) in [6.45, 7) is 8.78. The van der Waals surface area contributed by atoms with Crippen LogP contribution in [0.15, 0.2) is 48.5 Å². The van der Waals surface area contributed by atoms with E-state index in [0.29, 0.717) is 13.2 Å². The van der Waals surface area contributed by atoms with E-state index in [2.05, 4.69) is 36.5 Å². The molecule has 0 saturated carbocycles. The van der Waals surface area contributed by atoms with Gasteiger partial charge in [-0.1, -0.05) is 49.7 Å². The van der Waals surface area contributed by atoms with Gasteiger partial charge in [0.15, 0.2) is 11.5 Å². The molecule has 0 atom stereocenters. The maximum Gasteiger partial charge on any atom is 0.161 e. The fraction of sp³-hybridized carbons (Fsp3) is 0.478. The van der Waals surface area contributed by atoms with Crippen LogP contribution >= 0.6 is 12.4 Å². The summed E-state index contributed by atoms with van der Waals surface area (Å²) in [7, 11) is 0. The van der Waals surface area contributed by atoms with Gasteiger partial charge in [0.05, 0.1) is 6.61 Å². The Hall–Kier alpha value is -1.75. The first-order chi connectivity index (χ1) is 13.3. The van der Waals surface area contributed by atoms with E-state index < -0.39 is 0 Å². The van der Waals surface area contributed by atoms with Gasteiger partial charge in [-0.15, -0.1) is 12.4 Å². The second kappa shape index (κ2) is 15.2. The molecule has 0 unspecified atom stereocenters. The highest BCUT2D eigenvalue weighted by Crippen LogP contribution is 2.29. The van der Waals surface area contributed by atoms with Crippen molar-refractivity contribution in [1.29, 1.82) is 0 Å². The van der Waals surface area contributed by atoms with Crippen molar-refractivity contribution in [1.82, 2.24) is 5.32 Å². The minimum atomic E-state index is 0. The third kappa shape index (κ3) is 9.45. The Labute approximate surface area is 176 Å². The molecule has 0 aliphatic carbocycles. The number of hydrogen-bond donors (Lipinski definition) is 1. The molecule has 2 aromatic carbocycles. The molecule has 0 saturated heterocycles. The van der Waals surface area contributed by atoms with E-state index in [-0.39, 0.29) is 12.4 Å². The molecule has 2 aromatic rings. The maximum atomic E-state index is 5.96. The highest BCUT2D eigenvalue weighted by Gasteiger charge is 2.07. The van der Waals surface area contributed by atoms with Gasteiger partial charge in [0.25, 0.3) is 0 Å². The summed E-state index contributed by atoms with van der Waals surface area (Å²) in [6, 6.07) is 16.3. The molecule has 0 aliphatic rings. The van der Waals surface area contributed by atoms with Crippen LogP contribution in [0.5, 0.6) is 11.5 Å². The van der Waals surface area contributed by atoms with E-state index in [9.17, 15) is 0 Å². The van der Waals surface area contributed by atoms with Crippen molar-refractivity contribution in [3.63, 3.8) is 0 Å². The Balaban J connectivity index is 0.00000392. The van der Waals surface area contributed by atoms with Gasteiger partial charge < -0.3 is 19.5 Å². The molecule has 0 fully saturated rings. The largest absolute Gasteiger partial charge is 0.490 e. The number of hydrogen-bond acceptors (Lipinski definition) is 4. The average Bonchev–Trinajstić information content (AvgIpc) is 2.70. The third-order valence-electron chi connectivity index (χ3n) is 4.16. The van der Waals surface area contributed by atoms with E-state index in [1.54, 1.807) is 0 Å². The molecule has 0 bridgehead atoms. The highest BCUT2D eigenvalue weighted by molar-refractivity contribution is 5.85. The van der Waals surface area contributed by atoms with Gasteiger partial charge in [-0.25, -0.2) is 0 Å². The van der Waals surface area contributed by atoms with Crippen LogP contribution in [0.3, 0.4) is 0 Å². The van der Waals surface area contributed by atoms with Gasteiger partial charge in [0, 0.05) is 19.8 Å². The van der Waals surface area contributed by atoms with Crippen LogP contribution in [0.4, 0.5) is 0 Å². The van der Waals surface area contributed by atoms with Crippen molar-refractivity contribution in [2.75, 3.05) is 26.4 Å². The minimum absolute atomic E-state index is 0. The Morgan fingerprint density at radius 3 is 2.36 bits per heavy atom. The molecule has 0 radical (unpaired) electrons. The molecule has 5 heteroatoms. The lowest BCUT2D eigenvalue weighted by Crippen LogP contribution is -2.16. The standard InChI is InChI=1S/C23H33NO3.ClH/c1-3-5-15-25-16-9-14-24-18-21-12-13-22(23(17-21)26-4-2)27-19-20-10-7-6-8-11-20;/h6-8,10-13,17,24H,3-5,9,14-16,18-19H2,1-2H3;1H. The van der Waals surface area contributed by atoms with E-state index in [0.717, 1.165) is 56.2 Å². The Bertz CT molecular complexity index is 637. The second-order valence-corrected chi connectivity index (χ2v) is 6.48. The Morgan fingerprint density at radius 2 is 1.61 bits per heavy atom.